The van der Waals surface area contributed by atoms with Crippen LogP contribution >= 0.6 is 0 Å². The number of aromatic nitrogens is 3. The third kappa shape index (κ3) is 4.63. The van der Waals surface area contributed by atoms with E-state index in [0.717, 1.165) is 16.5 Å². The van der Waals surface area contributed by atoms with Crippen molar-refractivity contribution in [3.8, 4) is 5.75 Å². The highest BCUT2D eigenvalue weighted by molar-refractivity contribution is 7.89. The third-order valence-electron chi connectivity index (χ3n) is 8.24. The Kier molecular flexibility index (Phi) is 6.75. The zero-order valence-corrected chi connectivity index (χ0v) is 23.5. The summed E-state index contributed by atoms with van der Waals surface area (Å²) in [5.41, 5.74) is 2.32. The van der Waals surface area contributed by atoms with Crippen molar-refractivity contribution >= 4 is 32.6 Å². The van der Waals surface area contributed by atoms with Crippen LogP contribution in [0.2, 0.25) is 0 Å². The van der Waals surface area contributed by atoms with E-state index in [4.69, 9.17) is 4.74 Å². The molecule has 0 saturated carbocycles. The number of hydrogen-bond donors (Lipinski definition) is 3. The Morgan fingerprint density at radius 1 is 1.22 bits per heavy atom. The Bertz CT molecular complexity index is 1710. The zero-order chi connectivity index (χ0) is 28.9. The van der Waals surface area contributed by atoms with Gasteiger partial charge in [0.2, 0.25) is 0 Å². The normalized spacial score (nSPS) is 18.9. The first-order chi connectivity index (χ1) is 19.6. The molecular formula is C28H31FN6O5S. The van der Waals surface area contributed by atoms with Crippen LogP contribution < -0.4 is 10.1 Å². The molecule has 1 spiro atoms. The summed E-state index contributed by atoms with van der Waals surface area (Å²) in [4.78, 5) is 22.7. The maximum absolute atomic E-state index is 13.6. The first kappa shape index (κ1) is 27.2. The molecule has 4 aromatic rings. The summed E-state index contributed by atoms with van der Waals surface area (Å²) in [7, 11) is -0.485. The predicted molar refractivity (Wildman–Crippen MR) is 150 cm³/mol. The Balaban J connectivity index is 1.39. The number of sulfonamides is 1. The van der Waals surface area contributed by atoms with Gasteiger partial charge in [0.25, 0.3) is 10.0 Å². The van der Waals surface area contributed by atoms with E-state index in [-0.39, 0.29) is 31.3 Å². The number of carbonyl (C=O) groups is 1. The van der Waals surface area contributed by atoms with E-state index in [1.807, 2.05) is 18.2 Å². The molecule has 41 heavy (non-hydrogen) atoms. The number of urea groups is 1. The number of H-pyrrole nitrogens is 1. The summed E-state index contributed by atoms with van der Waals surface area (Å²) in [5.74, 6) is 0.242. The van der Waals surface area contributed by atoms with Crippen molar-refractivity contribution in [1.82, 2.24) is 23.7 Å². The van der Waals surface area contributed by atoms with E-state index in [2.05, 4.69) is 15.3 Å². The SMILES string of the molecule is COc1ccc2c3c([nH]c2c1)[C@@H](CO)N(C(=O)Nc1ccc(F)cc1)CC31CCN(S(=O)(=O)c2cn(C)cn2)CC1. The largest absolute Gasteiger partial charge is 0.497 e. The highest BCUT2D eigenvalue weighted by Gasteiger charge is 2.50. The summed E-state index contributed by atoms with van der Waals surface area (Å²) in [6.07, 6.45) is 3.84. The fraction of sp³-hybridized carbons (Fsp3) is 0.357. The molecule has 0 unspecified atom stereocenters. The standard InChI is InChI=1S/C28H31FN6O5S/c1-33-14-24(30-17-33)41(38,39)34-11-9-28(10-12-34)16-35(27(37)31-19-5-3-18(29)4-6-19)23(15-36)26-25(28)21-8-7-20(40-2)13-22(21)32-26/h3-8,13-14,17,23,32,36H,9-12,15-16H2,1-2H3,(H,31,37)/t23-/m1/s1. The summed E-state index contributed by atoms with van der Waals surface area (Å²) >= 11 is 0. The van der Waals surface area contributed by atoms with Gasteiger partial charge in [0.05, 0.1) is 26.1 Å². The van der Waals surface area contributed by atoms with Gasteiger partial charge in [-0.15, -0.1) is 0 Å². The molecule has 2 aromatic heterocycles. The second-order valence-corrected chi connectivity index (χ2v) is 12.5. The number of nitrogens with one attached hydrogen (secondary N) is 2. The number of carbonyl (C=O) groups excluding carboxylic acids is 1. The minimum absolute atomic E-state index is 0.000110. The number of aliphatic hydroxyl groups excluding tert-OH is 1. The first-order valence-corrected chi connectivity index (χ1v) is 14.7. The number of nitrogens with zero attached hydrogens (tertiary/aromatic N) is 4. The van der Waals surface area contributed by atoms with Crippen LogP contribution in [-0.2, 0) is 22.5 Å². The number of methoxy groups -OCH3 is 1. The molecule has 13 heteroatoms. The van der Waals surface area contributed by atoms with Crippen LogP contribution in [0.4, 0.5) is 14.9 Å². The van der Waals surface area contributed by atoms with E-state index in [1.54, 1.807) is 23.6 Å². The Morgan fingerprint density at radius 2 is 1.95 bits per heavy atom. The predicted octanol–water partition coefficient (Wildman–Crippen LogP) is 3.35. The van der Waals surface area contributed by atoms with Gasteiger partial charge in [0, 0.05) is 66.6 Å². The molecule has 0 bridgehead atoms. The van der Waals surface area contributed by atoms with Crippen molar-refractivity contribution in [2.24, 2.45) is 7.05 Å². The molecule has 0 radical (unpaired) electrons. The molecule has 1 fully saturated rings. The highest BCUT2D eigenvalue weighted by Crippen LogP contribution is 2.49. The molecule has 2 aromatic carbocycles. The fourth-order valence-electron chi connectivity index (χ4n) is 6.17. The number of imidazole rings is 1. The summed E-state index contributed by atoms with van der Waals surface area (Å²) in [6, 6.07) is 10.1. The molecule has 2 amide bonds. The van der Waals surface area contributed by atoms with Gasteiger partial charge in [-0.25, -0.2) is 22.6 Å². The zero-order valence-electron chi connectivity index (χ0n) is 22.7. The average Bonchev–Trinajstić information content (AvgIpc) is 3.58. The lowest BCUT2D eigenvalue weighted by Gasteiger charge is -2.49. The van der Waals surface area contributed by atoms with Crippen LogP contribution in [0.5, 0.6) is 5.75 Å². The van der Waals surface area contributed by atoms with Gasteiger partial charge in [-0.05, 0) is 54.8 Å². The Hall–Kier alpha value is -3.94. The first-order valence-electron chi connectivity index (χ1n) is 13.3. The third-order valence-corrected chi connectivity index (χ3v) is 10.0. The Morgan fingerprint density at radius 3 is 2.59 bits per heavy atom. The van der Waals surface area contributed by atoms with Crippen molar-refractivity contribution in [3.63, 3.8) is 0 Å². The average molecular weight is 583 g/mol. The number of aromatic amines is 1. The number of ether oxygens (including phenoxy) is 1. The van der Waals surface area contributed by atoms with Crippen molar-refractivity contribution in [2.45, 2.75) is 29.3 Å². The number of piperidine rings is 1. The van der Waals surface area contributed by atoms with Gasteiger partial charge < -0.3 is 29.6 Å². The maximum Gasteiger partial charge on any atom is 0.322 e. The van der Waals surface area contributed by atoms with E-state index < -0.39 is 33.3 Å². The minimum atomic E-state index is -3.79. The van der Waals surface area contributed by atoms with Crippen LogP contribution in [0.25, 0.3) is 10.9 Å². The summed E-state index contributed by atoms with van der Waals surface area (Å²) in [6.45, 7) is 0.398. The van der Waals surface area contributed by atoms with Crippen LogP contribution in [0.1, 0.15) is 30.1 Å². The van der Waals surface area contributed by atoms with E-state index in [9.17, 15) is 22.7 Å². The number of benzene rings is 2. The highest BCUT2D eigenvalue weighted by atomic mass is 32.2. The minimum Gasteiger partial charge on any atom is -0.497 e. The quantitative estimate of drug-likeness (QED) is 0.331. The number of rotatable bonds is 5. The van der Waals surface area contributed by atoms with Crippen molar-refractivity contribution in [3.05, 3.63) is 72.1 Å². The fourth-order valence-corrected chi connectivity index (χ4v) is 7.57. The van der Waals surface area contributed by atoms with Crippen LogP contribution in [-0.4, -0.2) is 76.6 Å². The molecule has 1 saturated heterocycles. The van der Waals surface area contributed by atoms with Crippen LogP contribution in [0.15, 0.2) is 60.0 Å². The number of fused-ring (bicyclic) bond motifs is 4. The molecule has 3 N–H and O–H groups in total. The lowest BCUT2D eigenvalue weighted by molar-refractivity contribution is 0.0860. The van der Waals surface area contributed by atoms with Crippen molar-refractivity contribution in [2.75, 3.05) is 38.7 Å². The topological polar surface area (TPSA) is 133 Å². The smallest absolute Gasteiger partial charge is 0.322 e. The lowest BCUT2D eigenvalue weighted by Crippen LogP contribution is -2.56. The lowest BCUT2D eigenvalue weighted by atomic mass is 9.68. The number of aliphatic hydroxyl groups is 1. The number of anilines is 1. The molecular weight excluding hydrogens is 551 g/mol. The van der Waals surface area contributed by atoms with Crippen molar-refractivity contribution < 1.29 is 27.4 Å². The number of halogens is 1. The molecule has 6 rings (SSSR count). The summed E-state index contributed by atoms with van der Waals surface area (Å²) in [5, 5.41) is 14.3. The van der Waals surface area contributed by atoms with Gasteiger partial charge in [0.15, 0.2) is 5.03 Å². The molecule has 0 aliphatic carbocycles. The Labute approximate surface area is 236 Å². The van der Waals surface area contributed by atoms with E-state index in [1.165, 1.54) is 41.1 Å². The van der Waals surface area contributed by atoms with Gasteiger partial charge >= 0.3 is 6.03 Å². The van der Waals surface area contributed by atoms with E-state index >= 15 is 0 Å². The molecule has 11 nitrogen and oxygen atoms in total. The van der Waals surface area contributed by atoms with Gasteiger partial charge in [-0.2, -0.15) is 4.31 Å². The monoisotopic (exact) mass is 582 g/mol. The number of aryl methyl sites for hydroxylation is 1. The second kappa shape index (κ2) is 10.2. The molecule has 216 valence electrons. The van der Waals surface area contributed by atoms with Crippen molar-refractivity contribution in [1.29, 1.82) is 0 Å². The van der Waals surface area contributed by atoms with Gasteiger partial charge in [-0.1, -0.05) is 0 Å². The second-order valence-electron chi connectivity index (χ2n) is 10.7. The molecule has 2 aliphatic rings. The maximum atomic E-state index is 13.6. The van der Waals surface area contributed by atoms with Gasteiger partial charge in [0.1, 0.15) is 11.6 Å². The van der Waals surface area contributed by atoms with Crippen LogP contribution in [0.3, 0.4) is 0 Å². The van der Waals surface area contributed by atoms with Gasteiger partial charge in [-0.3, -0.25) is 0 Å². The van der Waals surface area contributed by atoms with Crippen LogP contribution in [0, 0.1) is 5.82 Å². The number of hydrogen-bond acceptors (Lipinski definition) is 6. The molecule has 4 heterocycles. The van der Waals surface area contributed by atoms with E-state index in [0.29, 0.717) is 30.0 Å². The summed E-state index contributed by atoms with van der Waals surface area (Å²) < 4.78 is 48.6. The molecule has 1 atom stereocenters. The number of amides is 2. The molecule has 2 aliphatic heterocycles.